The third-order valence-corrected chi connectivity index (χ3v) is 3.61. The molecule has 0 radical (unpaired) electrons. The van der Waals surface area contributed by atoms with Crippen molar-refractivity contribution >= 4 is 11.9 Å². The van der Waals surface area contributed by atoms with Gasteiger partial charge < -0.3 is 9.47 Å². The summed E-state index contributed by atoms with van der Waals surface area (Å²) in [5.41, 5.74) is 3.05. The van der Waals surface area contributed by atoms with Crippen molar-refractivity contribution in [3.8, 4) is 11.5 Å². The van der Waals surface area contributed by atoms with Gasteiger partial charge in [-0.2, -0.15) is 5.10 Å². The number of carbonyl (C=O) groups excluding carboxylic acids is 1. The molecule has 0 aliphatic carbocycles. The molecule has 1 aromatic carbocycles. The van der Waals surface area contributed by atoms with E-state index in [1.807, 2.05) is 33.0 Å². The van der Waals surface area contributed by atoms with Crippen LogP contribution in [0.25, 0.3) is 6.08 Å². The van der Waals surface area contributed by atoms with Crippen LogP contribution in [0, 0.1) is 13.8 Å². The Morgan fingerprint density at radius 3 is 2.50 bits per heavy atom. The highest BCUT2D eigenvalue weighted by Crippen LogP contribution is 2.26. The third kappa shape index (κ3) is 3.03. The molecule has 0 saturated heterocycles. The van der Waals surface area contributed by atoms with E-state index in [0.717, 1.165) is 17.0 Å². The molecule has 0 N–H and O–H groups in total. The summed E-state index contributed by atoms with van der Waals surface area (Å²) in [7, 11) is 5.01. The van der Waals surface area contributed by atoms with Crippen molar-refractivity contribution in [1.82, 2.24) is 9.78 Å². The van der Waals surface area contributed by atoms with E-state index in [2.05, 4.69) is 5.10 Å². The predicted molar refractivity (Wildman–Crippen MR) is 85.6 cm³/mol. The molecule has 2 aromatic rings. The number of nitrogens with zero attached hydrogens (tertiary/aromatic N) is 2. The fourth-order valence-electron chi connectivity index (χ4n) is 2.34. The summed E-state index contributed by atoms with van der Waals surface area (Å²) in [5, 5.41) is 4.26. The minimum atomic E-state index is -0.0685. The van der Waals surface area contributed by atoms with Gasteiger partial charge in [0.15, 0.2) is 5.78 Å². The first-order valence-electron chi connectivity index (χ1n) is 6.92. The van der Waals surface area contributed by atoms with Crippen molar-refractivity contribution in [1.29, 1.82) is 0 Å². The van der Waals surface area contributed by atoms with E-state index in [9.17, 15) is 4.79 Å². The van der Waals surface area contributed by atoms with Crippen LogP contribution in [0.5, 0.6) is 11.5 Å². The van der Waals surface area contributed by atoms with Crippen LogP contribution in [0.2, 0.25) is 0 Å². The van der Waals surface area contributed by atoms with Gasteiger partial charge in [-0.3, -0.25) is 9.48 Å². The molecule has 0 saturated carbocycles. The number of allylic oxidation sites excluding steroid dienone is 1. The maximum absolute atomic E-state index is 12.4. The maximum atomic E-state index is 12.4. The van der Waals surface area contributed by atoms with Crippen LogP contribution in [0.1, 0.15) is 27.3 Å². The highest BCUT2D eigenvalue weighted by Gasteiger charge is 2.15. The Morgan fingerprint density at radius 1 is 1.23 bits per heavy atom. The molecule has 116 valence electrons. The highest BCUT2D eigenvalue weighted by molar-refractivity contribution is 6.08. The number of hydrogen-bond donors (Lipinski definition) is 0. The number of benzene rings is 1. The normalized spacial score (nSPS) is 11.0. The first kappa shape index (κ1) is 15.8. The van der Waals surface area contributed by atoms with Crippen molar-refractivity contribution in [3.05, 3.63) is 46.8 Å². The molecular weight excluding hydrogens is 280 g/mol. The maximum Gasteiger partial charge on any atom is 0.189 e. The topological polar surface area (TPSA) is 53.3 Å². The molecule has 2 rings (SSSR count). The zero-order valence-electron chi connectivity index (χ0n) is 13.5. The van der Waals surface area contributed by atoms with E-state index >= 15 is 0 Å². The summed E-state index contributed by atoms with van der Waals surface area (Å²) in [6.07, 6.45) is 3.29. The fraction of sp³-hybridized carbons (Fsp3) is 0.294. The molecule has 1 heterocycles. The SMILES string of the molecule is COc1ccc(/C=C/C(=O)c2c(C)nn(C)c2C)c(OC)c1. The molecule has 0 spiro atoms. The molecule has 5 heteroatoms. The highest BCUT2D eigenvalue weighted by atomic mass is 16.5. The van der Waals surface area contributed by atoms with Gasteiger partial charge >= 0.3 is 0 Å². The lowest BCUT2D eigenvalue weighted by Crippen LogP contribution is -1.99. The number of methoxy groups -OCH3 is 2. The molecular formula is C17H20N2O3. The minimum Gasteiger partial charge on any atom is -0.497 e. The van der Waals surface area contributed by atoms with Crippen LogP contribution in [-0.4, -0.2) is 29.8 Å². The number of ketones is 1. The van der Waals surface area contributed by atoms with Crippen LogP contribution in [0.4, 0.5) is 0 Å². The van der Waals surface area contributed by atoms with Crippen molar-refractivity contribution < 1.29 is 14.3 Å². The molecule has 0 aliphatic rings. The molecule has 0 fully saturated rings. The fourth-order valence-corrected chi connectivity index (χ4v) is 2.34. The van der Waals surface area contributed by atoms with Crippen molar-refractivity contribution in [3.63, 3.8) is 0 Å². The molecule has 0 aliphatic heterocycles. The van der Waals surface area contributed by atoms with Crippen LogP contribution >= 0.6 is 0 Å². The van der Waals surface area contributed by atoms with E-state index < -0.39 is 0 Å². The Kier molecular flexibility index (Phi) is 4.65. The Morgan fingerprint density at radius 2 is 1.95 bits per heavy atom. The number of aryl methyl sites for hydroxylation is 2. The lowest BCUT2D eigenvalue weighted by molar-refractivity contribution is 0.104. The molecule has 0 amide bonds. The summed E-state index contributed by atoms with van der Waals surface area (Å²) in [6.45, 7) is 3.72. The molecule has 22 heavy (non-hydrogen) atoms. The number of rotatable bonds is 5. The van der Waals surface area contributed by atoms with Gasteiger partial charge in [0.2, 0.25) is 0 Å². The number of hydrogen-bond acceptors (Lipinski definition) is 4. The third-order valence-electron chi connectivity index (χ3n) is 3.61. The van der Waals surface area contributed by atoms with Gasteiger partial charge in [0, 0.05) is 24.4 Å². The predicted octanol–water partition coefficient (Wildman–Crippen LogP) is 2.95. The smallest absolute Gasteiger partial charge is 0.189 e. The van der Waals surface area contributed by atoms with E-state index in [4.69, 9.17) is 9.47 Å². The molecule has 0 unspecified atom stereocenters. The van der Waals surface area contributed by atoms with Gasteiger partial charge in [0.25, 0.3) is 0 Å². The summed E-state index contributed by atoms with van der Waals surface area (Å²) >= 11 is 0. The van der Waals surface area contributed by atoms with E-state index in [0.29, 0.717) is 17.1 Å². The number of aromatic nitrogens is 2. The van der Waals surface area contributed by atoms with Crippen LogP contribution in [-0.2, 0) is 7.05 Å². The van der Waals surface area contributed by atoms with Crippen LogP contribution in [0.15, 0.2) is 24.3 Å². The second kappa shape index (κ2) is 6.47. The Balaban J connectivity index is 2.30. The lowest BCUT2D eigenvalue weighted by Gasteiger charge is -2.07. The monoisotopic (exact) mass is 300 g/mol. The zero-order chi connectivity index (χ0) is 16.3. The van der Waals surface area contributed by atoms with E-state index in [1.165, 1.54) is 0 Å². The van der Waals surface area contributed by atoms with Gasteiger partial charge in [-0.1, -0.05) is 0 Å². The van der Waals surface area contributed by atoms with Gasteiger partial charge in [-0.25, -0.2) is 0 Å². The standard InChI is InChI=1S/C17H20N2O3/c1-11-17(12(2)19(3)18-11)15(20)9-7-13-6-8-14(21-4)10-16(13)22-5/h6-10H,1-5H3/b9-7+. The lowest BCUT2D eigenvalue weighted by atomic mass is 10.1. The first-order chi connectivity index (χ1) is 10.5. The second-order valence-electron chi connectivity index (χ2n) is 4.97. The first-order valence-corrected chi connectivity index (χ1v) is 6.92. The van der Waals surface area contributed by atoms with E-state index in [-0.39, 0.29) is 5.78 Å². The van der Waals surface area contributed by atoms with Gasteiger partial charge in [-0.05, 0) is 38.1 Å². The molecule has 1 aromatic heterocycles. The quantitative estimate of drug-likeness (QED) is 0.629. The minimum absolute atomic E-state index is 0.0685. The van der Waals surface area contributed by atoms with Crippen molar-refractivity contribution in [2.24, 2.45) is 7.05 Å². The summed E-state index contributed by atoms with van der Waals surface area (Å²) in [4.78, 5) is 12.4. The number of ether oxygens (including phenoxy) is 2. The Bertz CT molecular complexity index is 730. The van der Waals surface area contributed by atoms with Crippen LogP contribution < -0.4 is 9.47 Å². The van der Waals surface area contributed by atoms with Crippen molar-refractivity contribution in [2.45, 2.75) is 13.8 Å². The Hall–Kier alpha value is -2.56. The largest absolute Gasteiger partial charge is 0.497 e. The number of carbonyl (C=O) groups is 1. The zero-order valence-corrected chi connectivity index (χ0v) is 13.5. The van der Waals surface area contributed by atoms with Crippen LogP contribution in [0.3, 0.4) is 0 Å². The molecule has 5 nitrogen and oxygen atoms in total. The average molecular weight is 300 g/mol. The molecule has 0 atom stereocenters. The van der Waals surface area contributed by atoms with Gasteiger partial charge in [-0.15, -0.1) is 0 Å². The van der Waals surface area contributed by atoms with E-state index in [1.54, 1.807) is 37.1 Å². The summed E-state index contributed by atoms with van der Waals surface area (Å²) < 4.78 is 12.2. The molecule has 0 bridgehead atoms. The second-order valence-corrected chi connectivity index (χ2v) is 4.97. The Labute approximate surface area is 130 Å². The summed E-state index contributed by atoms with van der Waals surface area (Å²) in [6, 6.07) is 5.46. The van der Waals surface area contributed by atoms with Gasteiger partial charge in [0.1, 0.15) is 11.5 Å². The van der Waals surface area contributed by atoms with Crippen molar-refractivity contribution in [2.75, 3.05) is 14.2 Å². The summed E-state index contributed by atoms with van der Waals surface area (Å²) in [5.74, 6) is 1.29. The van der Waals surface area contributed by atoms with Gasteiger partial charge in [0.05, 0.1) is 25.5 Å². The average Bonchev–Trinajstić information content (AvgIpc) is 2.77.